The van der Waals surface area contributed by atoms with Crippen molar-refractivity contribution in [3.63, 3.8) is 0 Å². The molecule has 0 saturated heterocycles. The predicted octanol–water partition coefficient (Wildman–Crippen LogP) is 4.73. The van der Waals surface area contributed by atoms with Gasteiger partial charge in [-0.05, 0) is 59.9 Å². The number of nitrogens with one attached hydrogen (secondary N) is 1. The summed E-state index contributed by atoms with van der Waals surface area (Å²) in [7, 11) is 1.58. The van der Waals surface area contributed by atoms with Crippen LogP contribution in [0.1, 0.15) is 41.0 Å². The first-order chi connectivity index (χ1) is 14.9. The zero-order valence-electron chi connectivity index (χ0n) is 18.2. The molecule has 1 amide bonds. The highest BCUT2D eigenvalue weighted by Crippen LogP contribution is 2.23. The minimum atomic E-state index is -0.267. The number of pyridine rings is 1. The largest absolute Gasteiger partial charge is 0.457 e. The van der Waals surface area contributed by atoms with Crippen LogP contribution < -0.4 is 15.8 Å². The smallest absolute Gasteiger partial charge is 0.255 e. The summed E-state index contributed by atoms with van der Waals surface area (Å²) in [4.78, 5) is 16.6. The van der Waals surface area contributed by atoms with Gasteiger partial charge < -0.3 is 20.5 Å². The molecule has 0 fully saturated rings. The summed E-state index contributed by atoms with van der Waals surface area (Å²) < 4.78 is 11.0. The van der Waals surface area contributed by atoms with E-state index in [1.54, 1.807) is 19.2 Å². The van der Waals surface area contributed by atoms with Crippen molar-refractivity contribution in [2.45, 2.75) is 33.4 Å². The lowest BCUT2D eigenvalue weighted by Crippen LogP contribution is -2.24. The fourth-order valence-electron chi connectivity index (χ4n) is 3.23. The first kappa shape index (κ1) is 22.3. The zero-order valence-corrected chi connectivity index (χ0v) is 18.2. The van der Waals surface area contributed by atoms with Crippen LogP contribution >= 0.6 is 0 Å². The Morgan fingerprint density at radius 2 is 1.81 bits per heavy atom. The van der Waals surface area contributed by atoms with Gasteiger partial charge in [0.1, 0.15) is 17.3 Å². The second-order valence-corrected chi connectivity index (χ2v) is 7.84. The highest BCUT2D eigenvalue weighted by molar-refractivity contribution is 5.98. The lowest BCUT2D eigenvalue weighted by atomic mass is 10.0. The molecule has 0 unspecified atom stereocenters. The van der Waals surface area contributed by atoms with Gasteiger partial charge in [0.05, 0.1) is 17.9 Å². The van der Waals surface area contributed by atoms with Crippen LogP contribution in [-0.4, -0.2) is 18.0 Å². The molecular formula is C25H29N3O3. The van der Waals surface area contributed by atoms with Crippen molar-refractivity contribution in [3.8, 4) is 11.5 Å². The molecule has 0 aliphatic rings. The third kappa shape index (κ3) is 6.55. The Balaban J connectivity index is 1.57. The number of rotatable bonds is 9. The molecule has 6 nitrogen and oxygen atoms in total. The monoisotopic (exact) mass is 419 g/mol. The van der Waals surface area contributed by atoms with Gasteiger partial charge in [-0.1, -0.05) is 38.1 Å². The van der Waals surface area contributed by atoms with E-state index in [0.29, 0.717) is 30.3 Å². The fraction of sp³-hybridized carbons (Fsp3) is 0.280. The molecule has 0 atom stereocenters. The van der Waals surface area contributed by atoms with E-state index in [4.69, 9.17) is 15.2 Å². The van der Waals surface area contributed by atoms with Crippen molar-refractivity contribution in [2.75, 3.05) is 12.8 Å². The number of carbonyl (C=O) groups is 1. The number of amides is 1. The van der Waals surface area contributed by atoms with Gasteiger partial charge in [0, 0.05) is 13.7 Å². The number of ether oxygens (including phenoxy) is 2. The Morgan fingerprint density at radius 3 is 2.48 bits per heavy atom. The average molecular weight is 420 g/mol. The molecule has 0 radical (unpaired) electrons. The van der Waals surface area contributed by atoms with E-state index in [1.807, 2.05) is 36.4 Å². The lowest BCUT2D eigenvalue weighted by molar-refractivity contribution is 0.0951. The maximum absolute atomic E-state index is 12.4. The zero-order chi connectivity index (χ0) is 22.2. The highest BCUT2D eigenvalue weighted by Gasteiger charge is 2.11. The average Bonchev–Trinajstić information content (AvgIpc) is 2.73. The van der Waals surface area contributed by atoms with Gasteiger partial charge in [0.15, 0.2) is 0 Å². The Labute approximate surface area is 183 Å². The molecule has 1 aromatic heterocycles. The summed E-state index contributed by atoms with van der Waals surface area (Å²) in [6, 6.07) is 19.2. The molecule has 0 aliphatic heterocycles. The van der Waals surface area contributed by atoms with Crippen molar-refractivity contribution >= 4 is 11.7 Å². The highest BCUT2D eigenvalue weighted by atomic mass is 16.5. The number of hydrogen-bond donors (Lipinski definition) is 2. The summed E-state index contributed by atoms with van der Waals surface area (Å²) in [6.45, 7) is 5.13. The fourth-order valence-corrected chi connectivity index (χ4v) is 3.23. The predicted molar refractivity (Wildman–Crippen MR) is 122 cm³/mol. The normalized spacial score (nSPS) is 10.8. The number of nitrogens with two attached hydrogens (primary N) is 1. The van der Waals surface area contributed by atoms with Crippen LogP contribution in [0.15, 0.2) is 60.7 Å². The third-order valence-corrected chi connectivity index (χ3v) is 4.67. The van der Waals surface area contributed by atoms with E-state index in [-0.39, 0.29) is 11.7 Å². The van der Waals surface area contributed by atoms with Crippen LogP contribution in [-0.2, 0) is 24.3 Å². The van der Waals surface area contributed by atoms with E-state index in [9.17, 15) is 4.79 Å². The first-order valence-corrected chi connectivity index (χ1v) is 10.3. The van der Waals surface area contributed by atoms with E-state index in [0.717, 1.165) is 23.5 Å². The van der Waals surface area contributed by atoms with Gasteiger partial charge in [-0.2, -0.15) is 0 Å². The number of anilines is 1. The molecule has 2 aromatic carbocycles. The first-order valence-electron chi connectivity index (χ1n) is 10.3. The van der Waals surface area contributed by atoms with E-state index >= 15 is 0 Å². The molecule has 0 bridgehead atoms. The van der Waals surface area contributed by atoms with Crippen LogP contribution in [0.3, 0.4) is 0 Å². The van der Waals surface area contributed by atoms with E-state index in [1.165, 1.54) is 5.56 Å². The maximum Gasteiger partial charge on any atom is 0.255 e. The van der Waals surface area contributed by atoms with Crippen molar-refractivity contribution in [3.05, 3.63) is 83.0 Å². The molecule has 3 rings (SSSR count). The van der Waals surface area contributed by atoms with Crippen LogP contribution in [0.5, 0.6) is 11.5 Å². The van der Waals surface area contributed by atoms with Crippen molar-refractivity contribution < 1.29 is 14.3 Å². The number of carbonyl (C=O) groups excluding carboxylic acids is 1. The molecule has 0 spiro atoms. The van der Waals surface area contributed by atoms with Gasteiger partial charge in [0.25, 0.3) is 5.91 Å². The van der Waals surface area contributed by atoms with Gasteiger partial charge in [-0.25, -0.2) is 4.98 Å². The minimum Gasteiger partial charge on any atom is -0.457 e. The maximum atomic E-state index is 12.4. The molecule has 1 heterocycles. The van der Waals surface area contributed by atoms with Crippen LogP contribution in [0, 0.1) is 5.92 Å². The van der Waals surface area contributed by atoms with E-state index in [2.05, 4.69) is 36.3 Å². The van der Waals surface area contributed by atoms with Crippen molar-refractivity contribution in [2.24, 2.45) is 5.92 Å². The molecule has 3 aromatic rings. The summed E-state index contributed by atoms with van der Waals surface area (Å²) in [5.41, 5.74) is 9.15. The van der Waals surface area contributed by atoms with Gasteiger partial charge in [-0.15, -0.1) is 0 Å². The second-order valence-electron chi connectivity index (χ2n) is 7.84. The third-order valence-electron chi connectivity index (χ3n) is 4.67. The standard InChI is InChI=1S/C25H29N3O3/c1-17(2)13-19-5-4-6-22(14-19)31-21-10-7-18(8-11-21)15-27-25(29)23-12-9-20(16-30-3)28-24(23)26/h4-12,14,17H,13,15-16H2,1-3H3,(H2,26,28)(H,27,29). The minimum absolute atomic E-state index is 0.190. The van der Waals surface area contributed by atoms with Gasteiger partial charge in [0.2, 0.25) is 0 Å². The second kappa shape index (κ2) is 10.6. The molecule has 31 heavy (non-hydrogen) atoms. The van der Waals surface area contributed by atoms with Crippen LogP contribution in [0.2, 0.25) is 0 Å². The Kier molecular flexibility index (Phi) is 7.62. The summed E-state index contributed by atoms with van der Waals surface area (Å²) in [6.07, 6.45) is 1.02. The summed E-state index contributed by atoms with van der Waals surface area (Å²) in [5.74, 6) is 2.09. The lowest BCUT2D eigenvalue weighted by Gasteiger charge is -2.11. The number of nitrogen functional groups attached to an aromatic ring is 1. The molecule has 0 aliphatic carbocycles. The van der Waals surface area contributed by atoms with Crippen molar-refractivity contribution in [1.82, 2.24) is 10.3 Å². The number of benzene rings is 2. The molecule has 3 N–H and O–H groups in total. The quantitative estimate of drug-likeness (QED) is 0.524. The number of hydrogen-bond acceptors (Lipinski definition) is 5. The molecule has 0 saturated carbocycles. The molecule has 162 valence electrons. The van der Waals surface area contributed by atoms with Crippen molar-refractivity contribution in [1.29, 1.82) is 0 Å². The SMILES string of the molecule is COCc1ccc(C(=O)NCc2ccc(Oc3cccc(CC(C)C)c3)cc2)c(N)n1. The number of methoxy groups -OCH3 is 1. The Morgan fingerprint density at radius 1 is 1.03 bits per heavy atom. The number of aromatic nitrogens is 1. The number of nitrogens with zero attached hydrogens (tertiary/aromatic N) is 1. The van der Waals surface area contributed by atoms with E-state index < -0.39 is 0 Å². The summed E-state index contributed by atoms with van der Waals surface area (Å²) in [5, 5.41) is 2.87. The Bertz CT molecular complexity index is 1020. The molecule has 6 heteroatoms. The molecular weight excluding hydrogens is 390 g/mol. The summed E-state index contributed by atoms with van der Waals surface area (Å²) >= 11 is 0. The van der Waals surface area contributed by atoms with Gasteiger partial charge in [-0.3, -0.25) is 4.79 Å². The van der Waals surface area contributed by atoms with Gasteiger partial charge >= 0.3 is 0 Å². The topological polar surface area (TPSA) is 86.5 Å². The Hall–Kier alpha value is -3.38. The van der Waals surface area contributed by atoms with Crippen LogP contribution in [0.25, 0.3) is 0 Å². The van der Waals surface area contributed by atoms with Crippen LogP contribution in [0.4, 0.5) is 5.82 Å².